The number of ether oxygens (including phenoxy) is 1. The van der Waals surface area contributed by atoms with Gasteiger partial charge in [0.1, 0.15) is 17.9 Å². The van der Waals surface area contributed by atoms with Gasteiger partial charge in [-0.05, 0) is 38.0 Å². The predicted molar refractivity (Wildman–Crippen MR) is 100 cm³/mol. The number of nitrogens with one attached hydrogen (secondary N) is 1. The Kier molecular flexibility index (Phi) is 5.03. The summed E-state index contributed by atoms with van der Waals surface area (Å²) in [7, 11) is 0. The Morgan fingerprint density at radius 1 is 1.38 bits per heavy atom. The number of pyridine rings is 1. The molecule has 3 heterocycles. The molecule has 134 valence electrons. The highest BCUT2D eigenvalue weighted by Gasteiger charge is 2.19. The van der Waals surface area contributed by atoms with Gasteiger partial charge in [0.05, 0.1) is 35.3 Å². The lowest BCUT2D eigenvalue weighted by Crippen LogP contribution is -2.06. The fourth-order valence-corrected chi connectivity index (χ4v) is 2.90. The number of nitriles is 1. The van der Waals surface area contributed by atoms with Gasteiger partial charge in [-0.1, -0.05) is 13.8 Å². The number of nitrogens with zero attached hydrogens (tertiary/aromatic N) is 5. The molecule has 3 aromatic heterocycles. The zero-order chi connectivity index (χ0) is 18.7. The van der Waals surface area contributed by atoms with Gasteiger partial charge in [-0.3, -0.25) is 0 Å². The van der Waals surface area contributed by atoms with Crippen LogP contribution in [0, 0.1) is 18.3 Å². The van der Waals surface area contributed by atoms with Crippen LogP contribution in [0.1, 0.15) is 38.2 Å². The zero-order valence-corrected chi connectivity index (χ0v) is 15.4. The summed E-state index contributed by atoms with van der Waals surface area (Å²) >= 11 is 0. The molecule has 0 aliphatic heterocycles. The quantitative estimate of drug-likeness (QED) is 0.684. The maximum Gasteiger partial charge on any atom is 0.222 e. The Morgan fingerprint density at radius 3 is 2.88 bits per heavy atom. The average molecular weight is 350 g/mol. The van der Waals surface area contributed by atoms with Gasteiger partial charge >= 0.3 is 0 Å². The summed E-state index contributed by atoms with van der Waals surface area (Å²) in [6.07, 6.45) is 1.70. The van der Waals surface area contributed by atoms with Gasteiger partial charge in [0.15, 0.2) is 0 Å². The number of anilines is 1. The maximum absolute atomic E-state index is 9.00. The minimum atomic E-state index is 0.201. The zero-order valence-electron chi connectivity index (χ0n) is 15.4. The molecule has 0 saturated heterocycles. The number of rotatable bonds is 6. The number of fused-ring (bicyclic) bond motifs is 1. The minimum Gasteiger partial charge on any atom is -0.477 e. The topological polar surface area (TPSA) is 88.1 Å². The van der Waals surface area contributed by atoms with Crippen LogP contribution < -0.4 is 10.1 Å². The van der Waals surface area contributed by atoms with E-state index in [2.05, 4.69) is 35.2 Å². The van der Waals surface area contributed by atoms with Crippen molar-refractivity contribution in [3.05, 3.63) is 35.9 Å². The number of hydrogen-bond acceptors (Lipinski definition) is 6. The Hall–Kier alpha value is -3.14. The lowest BCUT2D eigenvalue weighted by Gasteiger charge is -2.13. The summed E-state index contributed by atoms with van der Waals surface area (Å²) in [6.45, 7) is 8.76. The molecule has 0 amide bonds. The van der Waals surface area contributed by atoms with Crippen molar-refractivity contribution in [2.24, 2.45) is 0 Å². The first kappa shape index (κ1) is 17.7. The van der Waals surface area contributed by atoms with Crippen LogP contribution in [-0.4, -0.2) is 32.7 Å². The van der Waals surface area contributed by atoms with Crippen LogP contribution in [0.25, 0.3) is 16.8 Å². The number of imidazole rings is 1. The largest absolute Gasteiger partial charge is 0.477 e. The van der Waals surface area contributed by atoms with Crippen LogP contribution in [0.15, 0.2) is 24.4 Å². The van der Waals surface area contributed by atoms with Crippen molar-refractivity contribution in [3.8, 4) is 23.2 Å². The van der Waals surface area contributed by atoms with Crippen LogP contribution in [0.5, 0.6) is 5.88 Å². The molecule has 3 aromatic rings. The van der Waals surface area contributed by atoms with Crippen LogP contribution in [0.3, 0.4) is 0 Å². The number of aromatic nitrogens is 4. The molecule has 7 nitrogen and oxygen atoms in total. The average Bonchev–Trinajstić information content (AvgIpc) is 2.98. The van der Waals surface area contributed by atoms with Crippen LogP contribution >= 0.6 is 0 Å². The van der Waals surface area contributed by atoms with Crippen molar-refractivity contribution in [1.82, 2.24) is 19.6 Å². The standard InChI is InChI=1S/C19H22N6O/c1-5-26-19-14(7-6-9-22-19)15-11-16(21-10-8-20)18-17(12(2)3)23-13(4)25(18)24-15/h6-7,9,11-12,21H,5,10H2,1-4H3. The SMILES string of the molecule is CCOc1ncccc1-c1cc(NCC#N)c2c(C(C)C)nc(C)n2n1. The van der Waals surface area contributed by atoms with Gasteiger partial charge in [0.2, 0.25) is 5.88 Å². The third-order valence-corrected chi connectivity index (χ3v) is 4.02. The molecule has 0 aliphatic rings. The third kappa shape index (κ3) is 3.18. The van der Waals surface area contributed by atoms with Gasteiger partial charge in [-0.2, -0.15) is 10.4 Å². The molecular formula is C19H22N6O. The van der Waals surface area contributed by atoms with E-state index in [0.717, 1.165) is 28.3 Å². The smallest absolute Gasteiger partial charge is 0.222 e. The first-order chi connectivity index (χ1) is 12.6. The molecule has 7 heteroatoms. The number of aryl methyl sites for hydroxylation is 1. The van der Waals surface area contributed by atoms with Gasteiger partial charge < -0.3 is 10.1 Å². The van der Waals surface area contributed by atoms with Crippen molar-refractivity contribution in [2.75, 3.05) is 18.5 Å². The summed E-state index contributed by atoms with van der Waals surface area (Å²) in [5.41, 5.74) is 4.20. The monoisotopic (exact) mass is 350 g/mol. The van der Waals surface area contributed by atoms with Crippen LogP contribution in [0.4, 0.5) is 5.69 Å². The highest BCUT2D eigenvalue weighted by atomic mass is 16.5. The molecule has 1 N–H and O–H groups in total. The van der Waals surface area contributed by atoms with E-state index in [4.69, 9.17) is 15.1 Å². The fourth-order valence-electron chi connectivity index (χ4n) is 2.90. The Labute approximate surface area is 152 Å². The van der Waals surface area contributed by atoms with E-state index in [1.807, 2.05) is 36.6 Å². The first-order valence-electron chi connectivity index (χ1n) is 8.66. The van der Waals surface area contributed by atoms with E-state index in [0.29, 0.717) is 18.2 Å². The normalized spacial score (nSPS) is 10.9. The molecule has 0 atom stereocenters. The Bertz CT molecular complexity index is 970. The minimum absolute atomic E-state index is 0.201. The molecule has 3 rings (SSSR count). The fraction of sp³-hybridized carbons (Fsp3) is 0.368. The summed E-state index contributed by atoms with van der Waals surface area (Å²) in [6, 6.07) is 7.84. The second kappa shape index (κ2) is 7.40. The van der Waals surface area contributed by atoms with E-state index in [9.17, 15) is 0 Å². The third-order valence-electron chi connectivity index (χ3n) is 4.02. The van der Waals surface area contributed by atoms with E-state index in [1.54, 1.807) is 6.20 Å². The summed E-state index contributed by atoms with van der Waals surface area (Å²) in [5.74, 6) is 1.58. The van der Waals surface area contributed by atoms with Crippen LogP contribution in [0.2, 0.25) is 0 Å². The maximum atomic E-state index is 9.00. The van der Waals surface area contributed by atoms with E-state index < -0.39 is 0 Å². The second-order valence-corrected chi connectivity index (χ2v) is 6.20. The van der Waals surface area contributed by atoms with E-state index in [1.165, 1.54) is 0 Å². The molecule has 0 unspecified atom stereocenters. The molecule has 0 radical (unpaired) electrons. The van der Waals surface area contributed by atoms with Crippen LogP contribution in [-0.2, 0) is 0 Å². The molecule has 0 spiro atoms. The predicted octanol–water partition coefficient (Wildman–Crippen LogP) is 3.56. The van der Waals surface area contributed by atoms with Gasteiger partial charge in [-0.15, -0.1) is 0 Å². The number of hydrogen-bond donors (Lipinski definition) is 1. The lowest BCUT2D eigenvalue weighted by molar-refractivity contribution is 0.328. The molecule has 0 aromatic carbocycles. The summed E-state index contributed by atoms with van der Waals surface area (Å²) < 4.78 is 7.48. The van der Waals surface area contributed by atoms with Crippen molar-refractivity contribution in [1.29, 1.82) is 5.26 Å². The highest BCUT2D eigenvalue weighted by molar-refractivity contribution is 5.80. The van der Waals surface area contributed by atoms with E-state index >= 15 is 0 Å². The van der Waals surface area contributed by atoms with Crippen molar-refractivity contribution in [2.45, 2.75) is 33.6 Å². The van der Waals surface area contributed by atoms with Gasteiger partial charge in [0, 0.05) is 6.20 Å². The molecule has 0 saturated carbocycles. The molecule has 0 bridgehead atoms. The van der Waals surface area contributed by atoms with Crippen molar-refractivity contribution in [3.63, 3.8) is 0 Å². The molecule has 0 fully saturated rings. The van der Waals surface area contributed by atoms with Gasteiger partial charge in [0.25, 0.3) is 0 Å². The molecule has 26 heavy (non-hydrogen) atoms. The highest BCUT2D eigenvalue weighted by Crippen LogP contribution is 2.33. The first-order valence-corrected chi connectivity index (χ1v) is 8.66. The summed E-state index contributed by atoms with van der Waals surface area (Å²) in [5, 5.41) is 17.0. The lowest BCUT2D eigenvalue weighted by atomic mass is 10.1. The van der Waals surface area contributed by atoms with E-state index in [-0.39, 0.29) is 12.5 Å². The summed E-state index contributed by atoms with van der Waals surface area (Å²) in [4.78, 5) is 8.99. The Balaban J connectivity index is 2.26. The second-order valence-electron chi connectivity index (χ2n) is 6.20. The van der Waals surface area contributed by atoms with Crippen molar-refractivity contribution < 1.29 is 4.74 Å². The Morgan fingerprint density at radius 2 is 2.19 bits per heavy atom. The van der Waals surface area contributed by atoms with Gasteiger partial charge in [-0.25, -0.2) is 14.5 Å². The molecular weight excluding hydrogens is 328 g/mol. The van der Waals surface area contributed by atoms with Crippen molar-refractivity contribution >= 4 is 11.2 Å². The molecule has 0 aliphatic carbocycles.